The van der Waals surface area contributed by atoms with E-state index in [0.717, 1.165) is 24.5 Å². The standard InChI is InChI=1S/C20H12F3NO4/c21-20(22,23)14-3-1-2-12(9-14)8-13-4-5-17-15(10-13)18(26)16(19(27)28)11-24(17)6-7-25/h1-7,9-11H,8H2. The normalized spacial score (nSPS) is 15.2. The van der Waals surface area contributed by atoms with Gasteiger partial charge in [-0.05, 0) is 29.7 Å². The Hall–Kier alpha value is -3.55. The van der Waals surface area contributed by atoms with Gasteiger partial charge < -0.3 is 9.90 Å². The van der Waals surface area contributed by atoms with E-state index in [1.165, 1.54) is 28.8 Å². The van der Waals surface area contributed by atoms with Gasteiger partial charge in [-0.2, -0.15) is 17.7 Å². The van der Waals surface area contributed by atoms with Crippen LogP contribution in [0.1, 0.15) is 27.0 Å². The van der Waals surface area contributed by atoms with Gasteiger partial charge in [0.25, 0.3) is 0 Å². The Morgan fingerprint density at radius 3 is 2.46 bits per heavy atom. The van der Waals surface area contributed by atoms with Crippen LogP contribution in [0.2, 0.25) is 0 Å². The number of carbonyl (C=O) groups is 3. The summed E-state index contributed by atoms with van der Waals surface area (Å²) in [5, 5.41) is 11.2. The highest BCUT2D eigenvalue weighted by Gasteiger charge is 2.31. The average molecular weight is 387 g/mol. The monoisotopic (exact) mass is 387 g/mol. The second kappa shape index (κ2) is 7.22. The minimum absolute atomic E-state index is 0.0178. The zero-order valence-electron chi connectivity index (χ0n) is 14.2. The number of ketones is 1. The molecule has 2 aromatic rings. The molecule has 0 saturated carbocycles. The molecule has 0 atom stereocenters. The molecule has 0 fully saturated rings. The van der Waals surface area contributed by atoms with Gasteiger partial charge in [-0.25, -0.2) is 0 Å². The van der Waals surface area contributed by atoms with Crippen LogP contribution in [0.5, 0.6) is 0 Å². The fourth-order valence-electron chi connectivity index (χ4n) is 2.94. The van der Waals surface area contributed by atoms with E-state index >= 15 is 0 Å². The van der Waals surface area contributed by atoms with E-state index in [9.17, 15) is 32.7 Å². The fourth-order valence-corrected chi connectivity index (χ4v) is 2.94. The maximum Gasteiger partial charge on any atom is 0.416 e. The second-order valence-electron chi connectivity index (χ2n) is 6.08. The van der Waals surface area contributed by atoms with E-state index < -0.39 is 29.1 Å². The lowest BCUT2D eigenvalue weighted by Gasteiger charge is -2.15. The van der Waals surface area contributed by atoms with E-state index in [1.807, 2.05) is 0 Å². The quantitative estimate of drug-likeness (QED) is 0.457. The molecule has 5 nitrogen and oxygen atoms in total. The minimum Gasteiger partial charge on any atom is -0.544 e. The van der Waals surface area contributed by atoms with Crippen LogP contribution in [0, 0.1) is 0 Å². The third kappa shape index (κ3) is 3.75. The molecule has 2 aromatic carbocycles. The molecule has 0 aromatic heterocycles. The molecule has 3 rings (SSSR count). The zero-order valence-corrected chi connectivity index (χ0v) is 14.2. The van der Waals surface area contributed by atoms with Crippen molar-refractivity contribution in [2.45, 2.75) is 12.6 Å². The number of halogens is 3. The van der Waals surface area contributed by atoms with Gasteiger partial charge in [0.05, 0.1) is 17.1 Å². The maximum atomic E-state index is 12.9. The Morgan fingerprint density at radius 1 is 1.11 bits per heavy atom. The van der Waals surface area contributed by atoms with Crippen LogP contribution in [0.4, 0.5) is 18.9 Å². The lowest BCUT2D eigenvalue weighted by atomic mass is 9.94. The van der Waals surface area contributed by atoms with Crippen LogP contribution in [0.3, 0.4) is 0 Å². The van der Waals surface area contributed by atoms with Gasteiger partial charge in [0, 0.05) is 6.07 Å². The third-order valence-corrected chi connectivity index (χ3v) is 4.20. The topological polar surface area (TPSA) is 77.3 Å². The summed E-state index contributed by atoms with van der Waals surface area (Å²) in [6, 6.07) is 9.28. The predicted molar refractivity (Wildman–Crippen MR) is 90.2 cm³/mol. The number of nitrogens with zero attached hydrogens (tertiary/aromatic N) is 1. The largest absolute Gasteiger partial charge is 0.544 e. The highest BCUT2D eigenvalue weighted by atomic mass is 19.4. The first-order valence-corrected chi connectivity index (χ1v) is 8.04. The van der Waals surface area contributed by atoms with Crippen LogP contribution < -0.4 is 5.11 Å². The molecule has 1 heterocycles. The lowest BCUT2D eigenvalue weighted by Crippen LogP contribution is -2.32. The van der Waals surface area contributed by atoms with Crippen LogP contribution in [-0.2, 0) is 22.2 Å². The van der Waals surface area contributed by atoms with Crippen molar-refractivity contribution in [3.05, 3.63) is 76.5 Å². The van der Waals surface area contributed by atoms with Gasteiger partial charge in [0.15, 0.2) is 6.20 Å². The van der Waals surface area contributed by atoms with E-state index in [0.29, 0.717) is 17.4 Å². The molecular formula is C20H12F3NO4. The van der Waals surface area contributed by atoms with Crippen molar-refractivity contribution in [3.63, 3.8) is 0 Å². The van der Waals surface area contributed by atoms with Crippen molar-refractivity contribution < 1.29 is 37.2 Å². The number of alkyl halides is 3. The summed E-state index contributed by atoms with van der Waals surface area (Å²) in [6.07, 6.45) is -1.91. The van der Waals surface area contributed by atoms with Crippen molar-refractivity contribution in [1.29, 1.82) is 0 Å². The number of carbonyl (C=O) groups excluding carboxylic acids is 3. The number of Topliss-reactive ketones (excluding diaryl/α,β-unsaturated/α-hetero) is 1. The minimum atomic E-state index is -4.47. The number of benzene rings is 2. The van der Waals surface area contributed by atoms with E-state index in [1.54, 1.807) is 6.07 Å². The fraction of sp³-hybridized carbons (Fsp3) is 0.100. The summed E-state index contributed by atoms with van der Waals surface area (Å²) in [4.78, 5) is 34.4. The highest BCUT2D eigenvalue weighted by Crippen LogP contribution is 2.31. The molecular weight excluding hydrogens is 375 g/mol. The number of carboxylic acids is 1. The Balaban J connectivity index is 2.01. The SMILES string of the molecule is O=CC=[N+]1C=C(C(=O)[O-])C(=O)c2cc(Cc3cccc(C(F)(F)F)c3)ccc21. The molecule has 0 spiro atoms. The van der Waals surface area contributed by atoms with E-state index in [4.69, 9.17) is 0 Å². The summed E-state index contributed by atoms with van der Waals surface area (Å²) >= 11 is 0. The number of carboxylic acid groups (broad SMARTS) is 1. The van der Waals surface area contributed by atoms with Gasteiger partial charge in [0.1, 0.15) is 5.57 Å². The predicted octanol–water partition coefficient (Wildman–Crippen LogP) is 2.04. The number of hydrogen-bond acceptors (Lipinski definition) is 4. The summed E-state index contributed by atoms with van der Waals surface area (Å²) in [5.41, 5.74) is -0.212. The number of aldehydes is 1. The van der Waals surface area contributed by atoms with Crippen LogP contribution in [0.15, 0.2) is 54.2 Å². The number of aliphatic carboxylic acids is 1. The zero-order chi connectivity index (χ0) is 20.5. The first-order chi connectivity index (χ1) is 13.2. The van der Waals surface area contributed by atoms with Crippen LogP contribution in [0.25, 0.3) is 0 Å². The van der Waals surface area contributed by atoms with Gasteiger partial charge >= 0.3 is 6.18 Å². The molecule has 0 saturated heterocycles. The smallest absolute Gasteiger partial charge is 0.416 e. The summed E-state index contributed by atoms with van der Waals surface area (Å²) in [7, 11) is 0. The van der Waals surface area contributed by atoms with Gasteiger partial charge in [0.2, 0.25) is 24.0 Å². The molecule has 0 amide bonds. The van der Waals surface area contributed by atoms with Gasteiger partial charge in [-0.15, -0.1) is 0 Å². The Morgan fingerprint density at radius 2 is 1.82 bits per heavy atom. The molecule has 8 heteroatoms. The van der Waals surface area contributed by atoms with Gasteiger partial charge in [-0.3, -0.25) is 9.59 Å². The molecule has 0 bridgehead atoms. The van der Waals surface area contributed by atoms with Crippen LogP contribution >= 0.6 is 0 Å². The molecule has 1 aliphatic rings. The summed E-state index contributed by atoms with van der Waals surface area (Å²) < 4.78 is 39.8. The second-order valence-corrected chi connectivity index (χ2v) is 6.08. The van der Waals surface area contributed by atoms with Crippen molar-refractivity contribution in [1.82, 2.24) is 0 Å². The van der Waals surface area contributed by atoms with Crippen molar-refractivity contribution >= 4 is 29.9 Å². The van der Waals surface area contributed by atoms with Crippen molar-refractivity contribution in [3.8, 4) is 0 Å². The molecule has 0 unspecified atom stereocenters. The Labute approximate surface area is 157 Å². The molecule has 0 radical (unpaired) electrons. The number of rotatable bonds is 4. The number of fused-ring (bicyclic) bond motifs is 1. The van der Waals surface area contributed by atoms with Gasteiger partial charge in [-0.1, -0.05) is 24.3 Å². The average Bonchev–Trinajstić information content (AvgIpc) is 2.63. The summed E-state index contributed by atoms with van der Waals surface area (Å²) in [6.45, 7) is 0. The number of hydrogen-bond donors (Lipinski definition) is 0. The van der Waals surface area contributed by atoms with Crippen molar-refractivity contribution in [2.75, 3.05) is 0 Å². The van der Waals surface area contributed by atoms with E-state index in [2.05, 4.69) is 0 Å². The summed E-state index contributed by atoms with van der Waals surface area (Å²) in [5.74, 6) is -2.49. The first-order valence-electron chi connectivity index (χ1n) is 8.04. The molecule has 0 aliphatic carbocycles. The Kier molecular flexibility index (Phi) is 4.96. The third-order valence-electron chi connectivity index (χ3n) is 4.20. The van der Waals surface area contributed by atoms with Crippen molar-refractivity contribution in [2.24, 2.45) is 0 Å². The highest BCUT2D eigenvalue weighted by molar-refractivity contribution is 6.25. The molecule has 28 heavy (non-hydrogen) atoms. The molecule has 0 N–H and O–H groups in total. The molecule has 142 valence electrons. The Bertz CT molecular complexity index is 1050. The van der Waals surface area contributed by atoms with Crippen LogP contribution in [-0.4, -0.2) is 28.8 Å². The first kappa shape index (κ1) is 19.2. The molecule has 1 aliphatic heterocycles. The lowest BCUT2D eigenvalue weighted by molar-refractivity contribution is -0.357. The van der Waals surface area contributed by atoms with E-state index in [-0.39, 0.29) is 17.7 Å². The maximum absolute atomic E-state index is 12.9.